The van der Waals surface area contributed by atoms with Crippen molar-refractivity contribution in [1.29, 1.82) is 0 Å². The first-order valence-corrected chi connectivity index (χ1v) is 6.74. The van der Waals surface area contributed by atoms with E-state index in [0.29, 0.717) is 0 Å². The molecule has 3 heteroatoms. The summed E-state index contributed by atoms with van der Waals surface area (Å²) in [6.45, 7) is 5.96. The smallest absolute Gasteiger partial charge is 0.224 e. The van der Waals surface area contributed by atoms with E-state index in [9.17, 15) is 4.79 Å². The van der Waals surface area contributed by atoms with Gasteiger partial charge in [-0.2, -0.15) is 0 Å². The zero-order chi connectivity index (χ0) is 13.0. The average molecular weight is 246 g/mol. The lowest BCUT2D eigenvalue weighted by atomic mass is 9.98. The molecule has 0 saturated carbocycles. The molecule has 1 saturated heterocycles. The van der Waals surface area contributed by atoms with Crippen LogP contribution in [-0.4, -0.2) is 19.0 Å². The van der Waals surface area contributed by atoms with Gasteiger partial charge in [0.25, 0.3) is 0 Å². The van der Waals surface area contributed by atoms with E-state index in [1.54, 1.807) is 0 Å². The number of hydrogen-bond acceptors (Lipinski definition) is 2. The molecular weight excluding hydrogens is 224 g/mol. The SMILES string of the molecule is Cc1ccc(C(C)NC(=O)[C@H]2CCCNC2)cc1. The van der Waals surface area contributed by atoms with Crippen LogP contribution in [0.3, 0.4) is 0 Å². The summed E-state index contributed by atoms with van der Waals surface area (Å²) in [5, 5.41) is 6.38. The minimum Gasteiger partial charge on any atom is -0.349 e. The molecule has 1 aliphatic heterocycles. The summed E-state index contributed by atoms with van der Waals surface area (Å²) >= 11 is 0. The Hall–Kier alpha value is -1.35. The summed E-state index contributed by atoms with van der Waals surface area (Å²) in [6, 6.07) is 8.42. The molecule has 3 nitrogen and oxygen atoms in total. The van der Waals surface area contributed by atoms with Gasteiger partial charge in [-0.3, -0.25) is 4.79 Å². The number of rotatable bonds is 3. The van der Waals surface area contributed by atoms with Crippen LogP contribution in [0.4, 0.5) is 0 Å². The Labute approximate surface area is 109 Å². The van der Waals surface area contributed by atoms with Crippen molar-refractivity contribution < 1.29 is 4.79 Å². The van der Waals surface area contributed by atoms with Crippen molar-refractivity contribution in [3.63, 3.8) is 0 Å². The molecule has 1 aromatic rings. The number of nitrogens with one attached hydrogen (secondary N) is 2. The maximum absolute atomic E-state index is 12.1. The lowest BCUT2D eigenvalue weighted by Crippen LogP contribution is -2.41. The van der Waals surface area contributed by atoms with Gasteiger partial charge in [-0.1, -0.05) is 29.8 Å². The van der Waals surface area contributed by atoms with Crippen molar-refractivity contribution in [2.75, 3.05) is 13.1 Å². The van der Waals surface area contributed by atoms with Crippen molar-refractivity contribution in [3.8, 4) is 0 Å². The highest BCUT2D eigenvalue weighted by atomic mass is 16.1. The molecule has 1 aromatic carbocycles. The second kappa shape index (κ2) is 6.01. The molecule has 0 bridgehead atoms. The van der Waals surface area contributed by atoms with E-state index in [4.69, 9.17) is 0 Å². The van der Waals surface area contributed by atoms with Crippen LogP contribution in [0.5, 0.6) is 0 Å². The van der Waals surface area contributed by atoms with Gasteiger partial charge >= 0.3 is 0 Å². The predicted octanol–water partition coefficient (Wildman–Crippen LogP) is 2.17. The van der Waals surface area contributed by atoms with Gasteiger partial charge in [0, 0.05) is 6.54 Å². The molecule has 1 heterocycles. The second-order valence-corrected chi connectivity index (χ2v) is 5.18. The molecule has 0 spiro atoms. The molecule has 1 fully saturated rings. The topological polar surface area (TPSA) is 41.1 Å². The van der Waals surface area contributed by atoms with Crippen molar-refractivity contribution in [3.05, 3.63) is 35.4 Å². The molecule has 2 N–H and O–H groups in total. The summed E-state index contributed by atoms with van der Waals surface area (Å²) in [5.74, 6) is 0.307. The van der Waals surface area contributed by atoms with Gasteiger partial charge in [0.05, 0.1) is 12.0 Å². The number of amides is 1. The monoisotopic (exact) mass is 246 g/mol. The van der Waals surface area contributed by atoms with Gasteiger partial charge < -0.3 is 10.6 Å². The van der Waals surface area contributed by atoms with Crippen LogP contribution < -0.4 is 10.6 Å². The highest BCUT2D eigenvalue weighted by Crippen LogP contribution is 2.16. The fourth-order valence-corrected chi connectivity index (χ4v) is 2.35. The van der Waals surface area contributed by atoms with Crippen molar-refractivity contribution in [2.45, 2.75) is 32.7 Å². The predicted molar refractivity (Wildman–Crippen MR) is 73.3 cm³/mol. The Balaban J connectivity index is 1.91. The number of carbonyl (C=O) groups is 1. The minimum atomic E-state index is 0.0834. The number of carbonyl (C=O) groups excluding carboxylic acids is 1. The van der Waals surface area contributed by atoms with Crippen LogP contribution in [0.15, 0.2) is 24.3 Å². The summed E-state index contributed by atoms with van der Waals surface area (Å²) in [6.07, 6.45) is 2.09. The Morgan fingerprint density at radius 1 is 1.39 bits per heavy atom. The third-order valence-electron chi connectivity index (χ3n) is 3.60. The number of piperidine rings is 1. The maximum Gasteiger partial charge on any atom is 0.224 e. The lowest BCUT2D eigenvalue weighted by molar-refractivity contribution is -0.126. The normalized spacial score (nSPS) is 21.3. The Bertz CT molecular complexity index is 393. The molecule has 2 atom stereocenters. The Morgan fingerprint density at radius 3 is 2.72 bits per heavy atom. The van der Waals surface area contributed by atoms with Crippen LogP contribution in [0.2, 0.25) is 0 Å². The molecule has 2 rings (SSSR count). The molecule has 1 aliphatic rings. The summed E-state index contributed by atoms with van der Waals surface area (Å²) in [4.78, 5) is 12.1. The zero-order valence-electron chi connectivity index (χ0n) is 11.2. The fourth-order valence-electron chi connectivity index (χ4n) is 2.35. The molecular formula is C15H22N2O. The quantitative estimate of drug-likeness (QED) is 0.858. The molecule has 1 unspecified atom stereocenters. The third kappa shape index (κ3) is 3.33. The third-order valence-corrected chi connectivity index (χ3v) is 3.60. The average Bonchev–Trinajstić information content (AvgIpc) is 2.40. The van der Waals surface area contributed by atoms with Crippen molar-refractivity contribution >= 4 is 5.91 Å². The zero-order valence-corrected chi connectivity index (χ0v) is 11.2. The van der Waals surface area contributed by atoms with Gasteiger partial charge in [-0.25, -0.2) is 0 Å². The van der Waals surface area contributed by atoms with E-state index >= 15 is 0 Å². The van der Waals surface area contributed by atoms with E-state index < -0.39 is 0 Å². The largest absolute Gasteiger partial charge is 0.349 e. The van der Waals surface area contributed by atoms with Crippen LogP contribution in [0.25, 0.3) is 0 Å². The van der Waals surface area contributed by atoms with E-state index in [0.717, 1.165) is 31.5 Å². The highest BCUT2D eigenvalue weighted by Gasteiger charge is 2.22. The van der Waals surface area contributed by atoms with E-state index in [-0.39, 0.29) is 17.9 Å². The van der Waals surface area contributed by atoms with Gasteiger partial charge in [0.15, 0.2) is 0 Å². The van der Waals surface area contributed by atoms with Gasteiger partial charge in [0.2, 0.25) is 5.91 Å². The Kier molecular flexibility index (Phi) is 4.37. The standard InChI is InChI=1S/C15H22N2O/c1-11-5-7-13(8-6-11)12(2)17-15(18)14-4-3-9-16-10-14/h5-8,12,14,16H,3-4,9-10H2,1-2H3,(H,17,18)/t12?,14-/m0/s1. The van der Waals surface area contributed by atoms with Crippen LogP contribution in [0.1, 0.15) is 36.9 Å². The minimum absolute atomic E-state index is 0.0834. The van der Waals surface area contributed by atoms with Gasteiger partial charge in [-0.05, 0) is 38.8 Å². The molecule has 98 valence electrons. The van der Waals surface area contributed by atoms with E-state index in [1.165, 1.54) is 5.56 Å². The van der Waals surface area contributed by atoms with E-state index in [1.807, 2.05) is 6.92 Å². The Morgan fingerprint density at radius 2 is 2.11 bits per heavy atom. The van der Waals surface area contributed by atoms with Crippen molar-refractivity contribution in [2.24, 2.45) is 5.92 Å². The number of aryl methyl sites for hydroxylation is 1. The van der Waals surface area contributed by atoms with Crippen LogP contribution >= 0.6 is 0 Å². The molecule has 0 aromatic heterocycles. The summed E-state index contributed by atoms with van der Waals surface area (Å²) in [5.41, 5.74) is 2.41. The van der Waals surface area contributed by atoms with Gasteiger partial charge in [0.1, 0.15) is 0 Å². The van der Waals surface area contributed by atoms with Crippen molar-refractivity contribution in [1.82, 2.24) is 10.6 Å². The number of hydrogen-bond donors (Lipinski definition) is 2. The number of benzene rings is 1. The second-order valence-electron chi connectivity index (χ2n) is 5.18. The molecule has 18 heavy (non-hydrogen) atoms. The first-order valence-electron chi connectivity index (χ1n) is 6.74. The van der Waals surface area contributed by atoms with Crippen LogP contribution in [0, 0.1) is 12.8 Å². The lowest BCUT2D eigenvalue weighted by Gasteiger charge is -2.24. The fraction of sp³-hybridized carbons (Fsp3) is 0.533. The van der Waals surface area contributed by atoms with Gasteiger partial charge in [-0.15, -0.1) is 0 Å². The molecule has 0 aliphatic carbocycles. The molecule has 1 amide bonds. The highest BCUT2D eigenvalue weighted by molar-refractivity contribution is 5.79. The maximum atomic E-state index is 12.1. The first-order chi connectivity index (χ1) is 8.66. The summed E-state index contributed by atoms with van der Waals surface area (Å²) in [7, 11) is 0. The van der Waals surface area contributed by atoms with E-state index in [2.05, 4.69) is 41.8 Å². The summed E-state index contributed by atoms with van der Waals surface area (Å²) < 4.78 is 0. The van der Waals surface area contributed by atoms with Crippen LogP contribution in [-0.2, 0) is 4.79 Å². The molecule has 0 radical (unpaired) electrons. The first kappa shape index (κ1) is 13.1.